The monoisotopic (exact) mass is 299 g/mol. The number of allylic oxidation sites excluding steroid dienone is 1. The molecule has 0 amide bonds. The summed E-state index contributed by atoms with van der Waals surface area (Å²) in [6.45, 7) is 0.552. The van der Waals surface area contributed by atoms with Crippen molar-refractivity contribution in [3.8, 4) is 0 Å². The molecule has 4 rings (SSSR count). The largest absolute Gasteiger partial charge is 0.673 e. The summed E-state index contributed by atoms with van der Waals surface area (Å²) in [6, 6.07) is 8.41. The van der Waals surface area contributed by atoms with Crippen molar-refractivity contribution in [2.75, 3.05) is 0 Å². The van der Waals surface area contributed by atoms with Gasteiger partial charge in [0.15, 0.2) is 12.3 Å². The van der Waals surface area contributed by atoms with E-state index in [-0.39, 0.29) is 0 Å². The highest BCUT2D eigenvalue weighted by Crippen LogP contribution is 2.37. The van der Waals surface area contributed by atoms with Crippen LogP contribution in [0.3, 0.4) is 0 Å². The second kappa shape index (κ2) is 4.90. The van der Waals surface area contributed by atoms with Crippen LogP contribution in [0.1, 0.15) is 17.0 Å². The molecule has 0 saturated carbocycles. The van der Waals surface area contributed by atoms with E-state index in [4.69, 9.17) is 4.74 Å². The van der Waals surface area contributed by atoms with E-state index in [1.165, 1.54) is 11.1 Å². The van der Waals surface area contributed by atoms with Crippen LogP contribution in [0.4, 0.5) is 17.3 Å². The van der Waals surface area contributed by atoms with Gasteiger partial charge in [0.2, 0.25) is 0 Å². The lowest BCUT2D eigenvalue weighted by Gasteiger charge is -2.12. The van der Waals surface area contributed by atoms with Crippen molar-refractivity contribution in [3.05, 3.63) is 53.3 Å². The summed E-state index contributed by atoms with van der Waals surface area (Å²) >= 11 is 0. The molecule has 110 valence electrons. The lowest BCUT2D eigenvalue weighted by atomic mass is 10.1. The Hall–Kier alpha value is -2.32. The predicted octanol–water partition coefficient (Wildman–Crippen LogP) is 2.30. The van der Waals surface area contributed by atoms with E-state index in [1.807, 2.05) is 6.33 Å². The third kappa shape index (κ3) is 2.76. The van der Waals surface area contributed by atoms with Crippen LogP contribution in [0.2, 0.25) is 0 Å². The molecule has 1 aliphatic heterocycles. The van der Waals surface area contributed by atoms with E-state index in [2.05, 4.69) is 39.0 Å². The number of benzene rings is 1. The molecule has 2 heterocycles. The zero-order chi connectivity index (χ0) is 15.0. The molecule has 2 aromatic rings. The Morgan fingerprint density at radius 2 is 1.90 bits per heavy atom. The molecular weight excluding hydrogens is 289 g/mol. The zero-order valence-corrected chi connectivity index (χ0v) is 10.7. The maximum absolute atomic E-state index is 9.75. The third-order valence-corrected chi connectivity index (χ3v) is 3.16. The van der Waals surface area contributed by atoms with Gasteiger partial charge in [0.1, 0.15) is 5.76 Å². The molecule has 0 radical (unpaired) electrons. The minimum atomic E-state index is -6.00. The summed E-state index contributed by atoms with van der Waals surface area (Å²) in [4.78, 5) is 0. The fraction of sp³-hybridized carbons (Fsp3) is 0.167. The smallest absolute Gasteiger partial charge is 0.483 e. The summed E-state index contributed by atoms with van der Waals surface area (Å²) in [5, 5.41) is 7.05. The quantitative estimate of drug-likeness (QED) is 0.553. The van der Waals surface area contributed by atoms with Crippen LogP contribution < -0.4 is 5.10 Å². The number of hydrogen-bond acceptors (Lipinski definition) is 2. The first kappa shape index (κ1) is 13.7. The van der Waals surface area contributed by atoms with Crippen molar-refractivity contribution in [2.45, 2.75) is 13.0 Å². The Morgan fingerprint density at radius 3 is 2.67 bits per heavy atom. The van der Waals surface area contributed by atoms with Crippen LogP contribution in [0, 0.1) is 0 Å². The highest BCUT2D eigenvalue weighted by Gasteiger charge is 2.34. The Labute approximate surface area is 117 Å². The molecule has 21 heavy (non-hydrogen) atoms. The summed E-state index contributed by atoms with van der Waals surface area (Å²) < 4.78 is 46.8. The number of halogens is 4. The van der Waals surface area contributed by atoms with Gasteiger partial charge in [0.25, 0.3) is 12.2 Å². The van der Waals surface area contributed by atoms with Gasteiger partial charge >= 0.3 is 7.25 Å². The van der Waals surface area contributed by atoms with Crippen LogP contribution in [-0.2, 0) is 17.8 Å². The number of hydrogen-bond donors (Lipinski definition) is 0. The van der Waals surface area contributed by atoms with E-state index < -0.39 is 7.25 Å². The van der Waals surface area contributed by atoms with E-state index in [9.17, 15) is 17.3 Å². The highest BCUT2D eigenvalue weighted by atomic mass is 19.5. The number of nitrogens with one attached hydrogen (secondary N) is 1. The number of aromatic amines is 1. The Morgan fingerprint density at radius 1 is 1.19 bits per heavy atom. The van der Waals surface area contributed by atoms with Gasteiger partial charge in [-0.25, -0.2) is 0 Å². The average molecular weight is 299 g/mol. The molecule has 2 aliphatic rings. The van der Waals surface area contributed by atoms with E-state index in [0.717, 1.165) is 23.7 Å². The molecule has 4 nitrogen and oxygen atoms in total. The molecule has 0 atom stereocenters. The second-order valence-electron chi connectivity index (χ2n) is 4.55. The third-order valence-electron chi connectivity index (χ3n) is 3.16. The molecular formula is C12H10BF4N3O. The molecule has 0 saturated heterocycles. The number of ether oxygens (including phenoxy) is 1. The Kier molecular flexibility index (Phi) is 3.19. The molecule has 9 heteroatoms. The summed E-state index contributed by atoms with van der Waals surface area (Å²) in [6.07, 6.45) is 2.78. The van der Waals surface area contributed by atoms with Crippen molar-refractivity contribution in [3.63, 3.8) is 0 Å². The first-order valence-electron chi connectivity index (χ1n) is 6.19. The molecule has 0 fully saturated rings. The first-order chi connectivity index (χ1) is 9.93. The van der Waals surface area contributed by atoms with Crippen LogP contribution >= 0.6 is 0 Å². The fourth-order valence-corrected chi connectivity index (χ4v) is 2.43. The predicted molar refractivity (Wildman–Crippen MR) is 66.2 cm³/mol. The van der Waals surface area contributed by atoms with Crippen molar-refractivity contribution < 1.29 is 27.1 Å². The molecule has 0 spiro atoms. The van der Waals surface area contributed by atoms with Gasteiger partial charge in [-0.2, -0.15) is 9.67 Å². The highest BCUT2D eigenvalue weighted by molar-refractivity contribution is 6.50. The molecule has 1 N–H and O–H groups in total. The van der Waals surface area contributed by atoms with Gasteiger partial charge in [0, 0.05) is 12.0 Å². The van der Waals surface area contributed by atoms with Crippen LogP contribution in [0.25, 0.3) is 5.70 Å². The van der Waals surface area contributed by atoms with Gasteiger partial charge in [-0.1, -0.05) is 24.3 Å². The number of H-pyrrole nitrogens is 1. The normalized spacial score (nSPS) is 15.4. The summed E-state index contributed by atoms with van der Waals surface area (Å²) in [5.41, 5.74) is 3.73. The molecule has 1 aliphatic carbocycles. The van der Waals surface area contributed by atoms with Gasteiger partial charge in [0.05, 0.1) is 0 Å². The van der Waals surface area contributed by atoms with Crippen molar-refractivity contribution >= 4 is 13.0 Å². The zero-order valence-electron chi connectivity index (χ0n) is 10.7. The Balaban J connectivity index is 0.000000233. The molecule has 1 aromatic carbocycles. The number of fused-ring (bicyclic) bond motifs is 4. The SMILES string of the molecule is F[B-](F)(F)F.c1ccc2c(c1)CC1=C2n2c[nH+]nc2CO1. The number of nitrogens with zero attached hydrogens (tertiary/aromatic N) is 2. The molecule has 0 unspecified atom stereocenters. The van der Waals surface area contributed by atoms with Crippen LogP contribution in [0.15, 0.2) is 36.4 Å². The minimum absolute atomic E-state index is 0.552. The Bertz CT molecular complexity index is 705. The number of rotatable bonds is 0. The van der Waals surface area contributed by atoms with E-state index >= 15 is 0 Å². The lowest BCUT2D eigenvalue weighted by molar-refractivity contribution is -0.452. The standard InChI is InChI=1S/C12H9N3O.BF4/c1-2-4-9-8(3-1)5-10-12(9)15-7-13-14-11(15)6-16-10;2-1(3,4)5/h1-4,7H,5-6H2;/q;-1/p+1. The first-order valence-corrected chi connectivity index (χ1v) is 6.19. The molecule has 0 bridgehead atoms. The van der Waals surface area contributed by atoms with Crippen molar-refractivity contribution in [1.29, 1.82) is 0 Å². The van der Waals surface area contributed by atoms with Gasteiger partial charge < -0.3 is 22.0 Å². The second-order valence-corrected chi connectivity index (χ2v) is 4.55. The topological polar surface area (TPSA) is 41.2 Å². The van der Waals surface area contributed by atoms with Gasteiger partial charge in [-0.3, -0.25) is 0 Å². The maximum Gasteiger partial charge on any atom is 0.673 e. The van der Waals surface area contributed by atoms with Crippen LogP contribution in [0.5, 0.6) is 0 Å². The van der Waals surface area contributed by atoms with Crippen molar-refractivity contribution in [1.82, 2.24) is 9.67 Å². The summed E-state index contributed by atoms with van der Waals surface area (Å²) in [5.74, 6) is 1.98. The number of aromatic nitrogens is 3. The molecule has 1 aromatic heterocycles. The average Bonchev–Trinajstić information content (AvgIpc) is 2.99. The summed E-state index contributed by atoms with van der Waals surface area (Å²) in [7, 11) is -6.00. The van der Waals surface area contributed by atoms with Crippen molar-refractivity contribution in [2.24, 2.45) is 0 Å². The van der Waals surface area contributed by atoms with Crippen LogP contribution in [-0.4, -0.2) is 16.9 Å². The van der Waals surface area contributed by atoms with Gasteiger partial charge in [-0.05, 0) is 10.7 Å². The minimum Gasteiger partial charge on any atom is -0.483 e. The fourth-order valence-electron chi connectivity index (χ4n) is 2.43. The van der Waals surface area contributed by atoms with E-state index in [1.54, 1.807) is 0 Å². The lowest BCUT2D eigenvalue weighted by Crippen LogP contribution is -2.12. The maximum atomic E-state index is 9.75. The van der Waals surface area contributed by atoms with Gasteiger partial charge in [-0.15, -0.1) is 0 Å². The van der Waals surface area contributed by atoms with E-state index in [0.29, 0.717) is 6.61 Å².